The van der Waals surface area contributed by atoms with Crippen molar-refractivity contribution >= 4 is 21.4 Å². The lowest BCUT2D eigenvalue weighted by Gasteiger charge is -2.18. The molecule has 0 saturated carbocycles. The molecule has 1 heterocycles. The zero-order valence-corrected chi connectivity index (χ0v) is 11.1. The van der Waals surface area contributed by atoms with Crippen LogP contribution >= 0.6 is 11.3 Å². The van der Waals surface area contributed by atoms with Crippen molar-refractivity contribution in [1.29, 1.82) is 5.26 Å². The van der Waals surface area contributed by atoms with Crippen LogP contribution in [-0.4, -0.2) is 15.0 Å². The molecule has 4 nitrogen and oxygen atoms in total. The Kier molecular flexibility index (Phi) is 3.73. The second-order valence-corrected chi connectivity index (χ2v) is 7.69. The first-order valence-electron chi connectivity index (χ1n) is 4.74. The fourth-order valence-corrected chi connectivity index (χ4v) is 3.34. The molecule has 0 spiro atoms. The van der Waals surface area contributed by atoms with E-state index in [1.807, 2.05) is 26.8 Å². The van der Waals surface area contributed by atoms with E-state index in [4.69, 9.17) is 5.26 Å². The Bertz CT molecular complexity index is 504. The quantitative estimate of drug-likeness (QED) is 0.900. The molecule has 0 saturated heterocycles. The Morgan fingerprint density at radius 2 is 2.06 bits per heavy atom. The average Bonchev–Trinajstić information content (AvgIpc) is 2.62. The predicted octanol–water partition coefficient (Wildman–Crippen LogP) is 1.94. The van der Waals surface area contributed by atoms with E-state index in [0.29, 0.717) is 11.4 Å². The van der Waals surface area contributed by atoms with Crippen LogP contribution in [0.25, 0.3) is 0 Å². The topological polar surface area (TPSA) is 70.0 Å². The van der Waals surface area contributed by atoms with Crippen molar-refractivity contribution in [3.63, 3.8) is 0 Å². The molecule has 0 aliphatic rings. The van der Waals surface area contributed by atoms with Crippen LogP contribution in [0.3, 0.4) is 0 Å². The van der Waals surface area contributed by atoms with Gasteiger partial charge in [0.05, 0.1) is 0 Å². The summed E-state index contributed by atoms with van der Waals surface area (Å²) in [5.41, 5.74) is -0.109. The van der Waals surface area contributed by atoms with Gasteiger partial charge in [-0.05, 0) is 17.5 Å². The van der Waals surface area contributed by atoms with Crippen LogP contribution in [0.4, 0.5) is 0 Å². The summed E-state index contributed by atoms with van der Waals surface area (Å²) >= 11 is 0.979. The lowest BCUT2D eigenvalue weighted by molar-refractivity contribution is 0.408. The van der Waals surface area contributed by atoms with Gasteiger partial charge in [-0.3, -0.25) is 0 Å². The maximum absolute atomic E-state index is 11.8. The highest BCUT2D eigenvalue weighted by atomic mass is 32.2. The average molecular weight is 258 g/mol. The number of hydrogen-bond donors (Lipinski definition) is 1. The third-order valence-electron chi connectivity index (χ3n) is 1.75. The van der Waals surface area contributed by atoms with Crippen LogP contribution in [0, 0.1) is 16.7 Å². The molecular weight excluding hydrogens is 244 g/mol. The van der Waals surface area contributed by atoms with E-state index in [1.165, 1.54) is 12.1 Å². The summed E-state index contributed by atoms with van der Waals surface area (Å²) in [5, 5.41) is 8.62. The smallest absolute Gasteiger partial charge is 0.210 e. The van der Waals surface area contributed by atoms with Crippen molar-refractivity contribution in [3.05, 3.63) is 17.0 Å². The molecule has 1 aromatic heterocycles. The molecule has 0 radical (unpaired) electrons. The summed E-state index contributed by atoms with van der Waals surface area (Å²) in [4.78, 5) is 0.399. The molecule has 6 heteroatoms. The van der Waals surface area contributed by atoms with Gasteiger partial charge in [-0.1, -0.05) is 20.8 Å². The van der Waals surface area contributed by atoms with E-state index in [-0.39, 0.29) is 9.62 Å². The molecule has 88 valence electrons. The van der Waals surface area contributed by atoms with Gasteiger partial charge < -0.3 is 0 Å². The van der Waals surface area contributed by atoms with Crippen LogP contribution in [-0.2, 0) is 10.0 Å². The van der Waals surface area contributed by atoms with Gasteiger partial charge in [0, 0.05) is 6.54 Å². The molecule has 0 amide bonds. The summed E-state index contributed by atoms with van der Waals surface area (Å²) in [6.45, 7) is 6.22. The number of nitriles is 1. The van der Waals surface area contributed by atoms with Gasteiger partial charge >= 0.3 is 0 Å². The molecule has 0 atom stereocenters. The number of hydrogen-bond acceptors (Lipinski definition) is 4. The van der Waals surface area contributed by atoms with E-state index in [9.17, 15) is 8.42 Å². The van der Waals surface area contributed by atoms with Crippen LogP contribution in [0.1, 0.15) is 25.6 Å². The van der Waals surface area contributed by atoms with Gasteiger partial charge in [0.2, 0.25) is 10.0 Å². The molecule has 0 aliphatic carbocycles. The van der Waals surface area contributed by atoms with Crippen LogP contribution < -0.4 is 4.72 Å². The maximum Gasteiger partial charge on any atom is 0.250 e. The maximum atomic E-state index is 11.8. The largest absolute Gasteiger partial charge is 0.250 e. The number of thiophene rings is 1. The van der Waals surface area contributed by atoms with Gasteiger partial charge in [0.25, 0.3) is 0 Å². The zero-order chi connectivity index (χ0) is 12.4. The number of nitrogens with zero attached hydrogens (tertiary/aromatic N) is 1. The van der Waals surface area contributed by atoms with Gasteiger partial charge in [0.1, 0.15) is 15.2 Å². The Balaban J connectivity index is 2.83. The highest BCUT2D eigenvalue weighted by Crippen LogP contribution is 2.21. The number of sulfonamides is 1. The first kappa shape index (κ1) is 13.2. The van der Waals surface area contributed by atoms with Crippen molar-refractivity contribution in [1.82, 2.24) is 4.72 Å². The standard InChI is InChI=1S/C10H14N2O2S2/c1-10(2,3)7-12-16(13,14)9-5-4-8(6-11)15-9/h4-5,12H,7H2,1-3H3. The molecule has 0 bridgehead atoms. The second-order valence-electron chi connectivity index (χ2n) is 4.62. The van der Waals surface area contributed by atoms with Crippen LogP contribution in [0.2, 0.25) is 0 Å². The highest BCUT2D eigenvalue weighted by molar-refractivity contribution is 7.91. The van der Waals surface area contributed by atoms with Gasteiger partial charge in [0.15, 0.2) is 0 Å². The zero-order valence-electron chi connectivity index (χ0n) is 9.44. The number of rotatable bonds is 3. The van der Waals surface area contributed by atoms with Crippen molar-refractivity contribution in [2.24, 2.45) is 5.41 Å². The molecule has 0 aromatic carbocycles. The van der Waals surface area contributed by atoms with Crippen LogP contribution in [0.15, 0.2) is 16.3 Å². The minimum absolute atomic E-state index is 0.109. The minimum Gasteiger partial charge on any atom is -0.210 e. The summed E-state index contributed by atoms with van der Waals surface area (Å²) in [5.74, 6) is 0. The Morgan fingerprint density at radius 3 is 2.50 bits per heavy atom. The summed E-state index contributed by atoms with van der Waals surface area (Å²) < 4.78 is 26.3. The normalized spacial score (nSPS) is 12.4. The van der Waals surface area contributed by atoms with Crippen LogP contribution in [0.5, 0.6) is 0 Å². The molecule has 1 N–H and O–H groups in total. The fraction of sp³-hybridized carbons (Fsp3) is 0.500. The minimum atomic E-state index is -3.47. The van der Waals surface area contributed by atoms with E-state index in [0.717, 1.165) is 11.3 Å². The Labute approximate surface area is 100.0 Å². The lowest BCUT2D eigenvalue weighted by atomic mass is 9.98. The first-order valence-corrected chi connectivity index (χ1v) is 7.04. The van der Waals surface area contributed by atoms with E-state index < -0.39 is 10.0 Å². The van der Waals surface area contributed by atoms with Crippen molar-refractivity contribution in [3.8, 4) is 6.07 Å². The Morgan fingerprint density at radius 1 is 1.44 bits per heavy atom. The number of nitrogens with one attached hydrogen (secondary N) is 1. The van der Waals surface area contributed by atoms with Gasteiger partial charge in [-0.15, -0.1) is 11.3 Å². The molecule has 1 rings (SSSR count). The molecule has 0 unspecified atom stereocenters. The molecule has 0 fully saturated rings. The monoisotopic (exact) mass is 258 g/mol. The van der Waals surface area contributed by atoms with E-state index in [1.54, 1.807) is 0 Å². The Hall–Kier alpha value is -0.900. The molecule has 16 heavy (non-hydrogen) atoms. The third kappa shape index (κ3) is 3.59. The predicted molar refractivity (Wildman–Crippen MR) is 63.7 cm³/mol. The van der Waals surface area contributed by atoms with Gasteiger partial charge in [-0.25, -0.2) is 13.1 Å². The SMILES string of the molecule is CC(C)(C)CNS(=O)(=O)c1ccc(C#N)s1. The molecular formula is C10H14N2O2S2. The fourth-order valence-electron chi connectivity index (χ4n) is 0.907. The second kappa shape index (κ2) is 4.53. The van der Waals surface area contributed by atoms with Gasteiger partial charge in [-0.2, -0.15) is 5.26 Å². The molecule has 1 aromatic rings. The van der Waals surface area contributed by atoms with E-state index >= 15 is 0 Å². The summed E-state index contributed by atoms with van der Waals surface area (Å²) in [6, 6.07) is 4.88. The lowest BCUT2D eigenvalue weighted by Crippen LogP contribution is -2.31. The summed E-state index contributed by atoms with van der Waals surface area (Å²) in [7, 11) is -3.47. The molecule has 0 aliphatic heterocycles. The summed E-state index contributed by atoms with van der Waals surface area (Å²) in [6.07, 6.45) is 0. The van der Waals surface area contributed by atoms with Crippen molar-refractivity contribution in [2.45, 2.75) is 25.0 Å². The highest BCUT2D eigenvalue weighted by Gasteiger charge is 2.20. The third-order valence-corrected chi connectivity index (χ3v) is 4.63. The van der Waals surface area contributed by atoms with Crippen molar-refractivity contribution < 1.29 is 8.42 Å². The first-order chi connectivity index (χ1) is 7.24. The van der Waals surface area contributed by atoms with E-state index in [2.05, 4.69) is 4.72 Å². The van der Waals surface area contributed by atoms with Crippen molar-refractivity contribution in [2.75, 3.05) is 6.54 Å².